The molecule has 1 aromatic rings. The summed E-state index contributed by atoms with van der Waals surface area (Å²) in [5.74, 6) is 0.264. The summed E-state index contributed by atoms with van der Waals surface area (Å²) in [7, 11) is 0. The Balaban J connectivity index is 1.85. The number of anilines is 1. The Morgan fingerprint density at radius 2 is 2.19 bits per heavy atom. The fourth-order valence-corrected chi connectivity index (χ4v) is 2.64. The molecule has 0 saturated carbocycles. The van der Waals surface area contributed by atoms with E-state index >= 15 is 0 Å². The SMILES string of the molecule is N#Cc1ccc(NC(=O)CN2CCC(CO)CC2)cc1Cl. The molecule has 1 amide bonds. The van der Waals surface area contributed by atoms with Crippen molar-refractivity contribution in [2.45, 2.75) is 12.8 Å². The summed E-state index contributed by atoms with van der Waals surface area (Å²) >= 11 is 5.93. The fraction of sp³-hybridized carbons (Fsp3) is 0.467. The van der Waals surface area contributed by atoms with Gasteiger partial charge < -0.3 is 10.4 Å². The number of amides is 1. The molecule has 5 nitrogen and oxygen atoms in total. The summed E-state index contributed by atoms with van der Waals surface area (Å²) in [6.45, 7) is 2.21. The minimum Gasteiger partial charge on any atom is -0.396 e. The van der Waals surface area contributed by atoms with Crippen LogP contribution in [0.1, 0.15) is 18.4 Å². The van der Waals surface area contributed by atoms with E-state index in [-0.39, 0.29) is 12.5 Å². The Morgan fingerprint density at radius 1 is 1.48 bits per heavy atom. The Morgan fingerprint density at radius 3 is 2.76 bits per heavy atom. The molecule has 1 fully saturated rings. The molecule has 2 N–H and O–H groups in total. The maximum Gasteiger partial charge on any atom is 0.238 e. The number of aliphatic hydroxyl groups excluding tert-OH is 1. The zero-order chi connectivity index (χ0) is 15.2. The number of hydrogen-bond donors (Lipinski definition) is 2. The second kappa shape index (κ2) is 7.41. The lowest BCUT2D eigenvalue weighted by Gasteiger charge is -2.30. The predicted molar refractivity (Wildman–Crippen MR) is 81.0 cm³/mol. The van der Waals surface area contributed by atoms with Crippen LogP contribution in [0.25, 0.3) is 0 Å². The van der Waals surface area contributed by atoms with Gasteiger partial charge in [0.2, 0.25) is 5.91 Å². The standard InChI is InChI=1S/C15H18ClN3O2/c16-14-7-13(2-1-12(14)8-17)18-15(21)9-19-5-3-11(10-20)4-6-19/h1-2,7,11,20H,3-6,9-10H2,(H,18,21). The average molecular weight is 308 g/mol. The number of nitrogens with zero attached hydrogens (tertiary/aromatic N) is 2. The number of likely N-dealkylation sites (tertiary alicyclic amines) is 1. The molecule has 1 aromatic carbocycles. The van der Waals surface area contributed by atoms with Crippen molar-refractivity contribution in [2.24, 2.45) is 5.92 Å². The minimum absolute atomic E-state index is 0.0989. The van der Waals surface area contributed by atoms with Gasteiger partial charge in [-0.15, -0.1) is 0 Å². The third-order valence-corrected chi connectivity index (χ3v) is 4.02. The van der Waals surface area contributed by atoms with E-state index in [1.165, 1.54) is 0 Å². The van der Waals surface area contributed by atoms with Gasteiger partial charge >= 0.3 is 0 Å². The zero-order valence-corrected chi connectivity index (χ0v) is 12.4. The molecule has 0 aliphatic carbocycles. The first-order chi connectivity index (χ1) is 10.1. The monoisotopic (exact) mass is 307 g/mol. The molecule has 0 spiro atoms. The van der Waals surface area contributed by atoms with Crippen LogP contribution in [0.15, 0.2) is 18.2 Å². The van der Waals surface area contributed by atoms with Crippen LogP contribution in [-0.2, 0) is 4.79 Å². The first kappa shape index (κ1) is 15.8. The van der Waals surface area contributed by atoms with Gasteiger partial charge in [0.15, 0.2) is 0 Å². The Labute approximate surface area is 129 Å². The van der Waals surface area contributed by atoms with Crippen molar-refractivity contribution >= 4 is 23.2 Å². The number of carbonyl (C=O) groups is 1. The van der Waals surface area contributed by atoms with Crippen molar-refractivity contribution in [3.63, 3.8) is 0 Å². The normalized spacial score (nSPS) is 16.4. The van der Waals surface area contributed by atoms with Crippen LogP contribution >= 0.6 is 11.6 Å². The number of rotatable bonds is 4. The van der Waals surface area contributed by atoms with Gasteiger partial charge in [-0.1, -0.05) is 11.6 Å². The van der Waals surface area contributed by atoms with E-state index in [9.17, 15) is 4.79 Å². The molecular formula is C15H18ClN3O2. The van der Waals surface area contributed by atoms with E-state index in [0.29, 0.717) is 28.7 Å². The molecule has 1 heterocycles. The summed E-state index contributed by atoms with van der Waals surface area (Å²) in [4.78, 5) is 14.1. The highest BCUT2D eigenvalue weighted by atomic mass is 35.5. The summed E-state index contributed by atoms with van der Waals surface area (Å²) < 4.78 is 0. The van der Waals surface area contributed by atoms with Crippen molar-refractivity contribution in [1.29, 1.82) is 5.26 Å². The van der Waals surface area contributed by atoms with Crippen LogP contribution in [-0.4, -0.2) is 42.2 Å². The Bertz CT molecular complexity index is 548. The van der Waals surface area contributed by atoms with E-state index in [4.69, 9.17) is 22.0 Å². The lowest BCUT2D eigenvalue weighted by Crippen LogP contribution is -2.39. The van der Waals surface area contributed by atoms with Gasteiger partial charge in [-0.25, -0.2) is 0 Å². The number of carbonyl (C=O) groups excluding carboxylic acids is 1. The third kappa shape index (κ3) is 4.43. The first-order valence-electron chi connectivity index (χ1n) is 6.95. The predicted octanol–water partition coefficient (Wildman–Crippen LogP) is 1.85. The van der Waals surface area contributed by atoms with Crippen LogP contribution in [0.2, 0.25) is 5.02 Å². The zero-order valence-electron chi connectivity index (χ0n) is 11.7. The number of halogens is 1. The lowest BCUT2D eigenvalue weighted by atomic mass is 9.98. The van der Waals surface area contributed by atoms with Crippen LogP contribution in [0, 0.1) is 17.2 Å². The van der Waals surface area contributed by atoms with Gasteiger partial charge in [-0.3, -0.25) is 9.69 Å². The van der Waals surface area contributed by atoms with Crippen LogP contribution in [0.5, 0.6) is 0 Å². The largest absolute Gasteiger partial charge is 0.396 e. The lowest BCUT2D eigenvalue weighted by molar-refractivity contribution is -0.117. The third-order valence-electron chi connectivity index (χ3n) is 3.71. The first-order valence-corrected chi connectivity index (χ1v) is 7.33. The van der Waals surface area contributed by atoms with Crippen molar-refractivity contribution in [2.75, 3.05) is 31.6 Å². The molecule has 0 radical (unpaired) electrons. The number of nitriles is 1. The topological polar surface area (TPSA) is 76.4 Å². The second-order valence-electron chi connectivity index (χ2n) is 5.26. The van der Waals surface area contributed by atoms with Crippen LogP contribution in [0.3, 0.4) is 0 Å². The maximum atomic E-state index is 12.0. The highest BCUT2D eigenvalue weighted by molar-refractivity contribution is 6.32. The van der Waals surface area contributed by atoms with Crippen molar-refractivity contribution in [3.05, 3.63) is 28.8 Å². The summed E-state index contributed by atoms with van der Waals surface area (Å²) in [6, 6.07) is 6.81. The Kier molecular flexibility index (Phi) is 5.57. The summed E-state index contributed by atoms with van der Waals surface area (Å²) in [5.41, 5.74) is 0.981. The van der Waals surface area contributed by atoms with E-state index in [1.807, 2.05) is 6.07 Å². The molecule has 1 saturated heterocycles. The van der Waals surface area contributed by atoms with Gasteiger partial charge in [-0.05, 0) is 50.0 Å². The number of piperidine rings is 1. The van der Waals surface area contributed by atoms with Crippen molar-refractivity contribution in [3.8, 4) is 6.07 Å². The molecule has 0 aromatic heterocycles. The van der Waals surface area contributed by atoms with Gasteiger partial charge in [0, 0.05) is 12.3 Å². The molecule has 1 aliphatic rings. The molecule has 21 heavy (non-hydrogen) atoms. The average Bonchev–Trinajstić information content (AvgIpc) is 2.48. The van der Waals surface area contributed by atoms with Gasteiger partial charge in [0.25, 0.3) is 0 Å². The van der Waals surface area contributed by atoms with Crippen molar-refractivity contribution in [1.82, 2.24) is 4.90 Å². The summed E-state index contributed by atoms with van der Waals surface area (Å²) in [5, 5.41) is 21.0. The Hall–Kier alpha value is -1.61. The highest BCUT2D eigenvalue weighted by Gasteiger charge is 2.20. The van der Waals surface area contributed by atoms with Crippen LogP contribution in [0.4, 0.5) is 5.69 Å². The summed E-state index contributed by atoms with van der Waals surface area (Å²) in [6.07, 6.45) is 1.85. The molecule has 6 heteroatoms. The van der Waals surface area contributed by atoms with Gasteiger partial charge in [0.05, 0.1) is 17.1 Å². The molecule has 0 atom stereocenters. The molecule has 112 valence electrons. The van der Waals surface area contributed by atoms with E-state index in [0.717, 1.165) is 25.9 Å². The minimum atomic E-state index is -0.0989. The quantitative estimate of drug-likeness (QED) is 0.890. The smallest absolute Gasteiger partial charge is 0.238 e. The molecular weight excluding hydrogens is 290 g/mol. The maximum absolute atomic E-state index is 12.0. The van der Waals surface area contributed by atoms with Gasteiger partial charge in [-0.2, -0.15) is 5.26 Å². The number of benzene rings is 1. The van der Waals surface area contributed by atoms with E-state index in [1.54, 1.807) is 18.2 Å². The van der Waals surface area contributed by atoms with E-state index < -0.39 is 0 Å². The molecule has 2 rings (SSSR count). The van der Waals surface area contributed by atoms with Gasteiger partial charge in [0.1, 0.15) is 6.07 Å². The molecule has 0 bridgehead atoms. The van der Waals surface area contributed by atoms with Crippen molar-refractivity contribution < 1.29 is 9.90 Å². The molecule has 1 aliphatic heterocycles. The highest BCUT2D eigenvalue weighted by Crippen LogP contribution is 2.20. The molecule has 0 unspecified atom stereocenters. The number of nitrogens with one attached hydrogen (secondary N) is 1. The fourth-order valence-electron chi connectivity index (χ4n) is 2.41. The number of aliphatic hydroxyl groups is 1. The van der Waals surface area contributed by atoms with Crippen LogP contribution < -0.4 is 5.32 Å². The number of hydrogen-bond acceptors (Lipinski definition) is 4. The van der Waals surface area contributed by atoms with E-state index in [2.05, 4.69) is 10.2 Å². The second-order valence-corrected chi connectivity index (χ2v) is 5.66.